The number of rotatable bonds is 5. The second kappa shape index (κ2) is 8.07. The fourth-order valence-corrected chi connectivity index (χ4v) is 3.38. The van der Waals surface area contributed by atoms with Crippen molar-refractivity contribution in [2.45, 2.75) is 13.1 Å². The maximum Gasteiger partial charge on any atom is 0.240 e. The zero-order valence-electron chi connectivity index (χ0n) is 15.3. The van der Waals surface area contributed by atoms with Crippen LogP contribution in [0.2, 0.25) is 0 Å². The quantitative estimate of drug-likeness (QED) is 0.730. The first kappa shape index (κ1) is 17.3. The number of aromatic nitrogens is 4. The van der Waals surface area contributed by atoms with Crippen molar-refractivity contribution in [3.05, 3.63) is 30.2 Å². The van der Waals surface area contributed by atoms with E-state index in [4.69, 9.17) is 4.52 Å². The molecule has 0 aromatic carbocycles. The maximum absolute atomic E-state index is 5.46. The van der Waals surface area contributed by atoms with Gasteiger partial charge in [0.25, 0.3) is 0 Å². The highest BCUT2D eigenvalue weighted by Crippen LogP contribution is 2.12. The Balaban J connectivity index is 1.25. The second-order valence-corrected chi connectivity index (χ2v) is 7.00. The molecule has 0 aliphatic carbocycles. The normalized spacial score (nSPS) is 20.6. The Morgan fingerprint density at radius 1 is 0.885 bits per heavy atom. The van der Waals surface area contributed by atoms with Gasteiger partial charge in [0.05, 0.1) is 13.1 Å². The first-order valence-electron chi connectivity index (χ1n) is 9.23. The van der Waals surface area contributed by atoms with E-state index in [0.29, 0.717) is 12.4 Å². The monoisotopic (exact) mass is 358 g/mol. The molecule has 2 aliphatic heterocycles. The fourth-order valence-electron chi connectivity index (χ4n) is 3.38. The van der Waals surface area contributed by atoms with Crippen molar-refractivity contribution >= 4 is 5.95 Å². The average molecular weight is 358 g/mol. The number of hydrogen-bond donors (Lipinski definition) is 0. The molecule has 2 aromatic heterocycles. The van der Waals surface area contributed by atoms with E-state index < -0.39 is 0 Å². The summed E-state index contributed by atoms with van der Waals surface area (Å²) in [6.07, 6.45) is 3.57. The lowest BCUT2D eigenvalue weighted by molar-refractivity contribution is 0.144. The minimum absolute atomic E-state index is 0.707. The van der Waals surface area contributed by atoms with Gasteiger partial charge in [-0.3, -0.25) is 9.80 Å². The molecule has 4 heterocycles. The Morgan fingerprint density at radius 3 is 2.27 bits per heavy atom. The molecule has 2 fully saturated rings. The molecule has 4 rings (SSSR count). The Hall–Kier alpha value is -2.10. The molecule has 0 bridgehead atoms. The Morgan fingerprint density at radius 2 is 1.54 bits per heavy atom. The number of anilines is 1. The van der Waals surface area contributed by atoms with Crippen LogP contribution in [0.1, 0.15) is 11.7 Å². The summed E-state index contributed by atoms with van der Waals surface area (Å²) in [7, 11) is 2.16. The number of hydrogen-bond acceptors (Lipinski definition) is 9. The molecule has 2 saturated heterocycles. The smallest absolute Gasteiger partial charge is 0.240 e. The minimum Gasteiger partial charge on any atom is -0.338 e. The standard InChI is InChI=1S/C17H26N8O/c1-22-5-7-23(8-6-22)13-15-20-16(26-21-15)14-24-9-11-25(12-10-24)17-18-3-2-4-19-17/h2-4H,5-14H2,1H3. The van der Waals surface area contributed by atoms with Gasteiger partial charge in [0.15, 0.2) is 5.82 Å². The van der Waals surface area contributed by atoms with Gasteiger partial charge in [-0.05, 0) is 13.1 Å². The van der Waals surface area contributed by atoms with Crippen molar-refractivity contribution in [3.8, 4) is 0 Å². The molecule has 2 aliphatic rings. The molecule has 26 heavy (non-hydrogen) atoms. The molecule has 2 aromatic rings. The SMILES string of the molecule is CN1CCN(Cc2noc(CN3CCN(c4ncccn4)CC3)n2)CC1. The van der Waals surface area contributed by atoms with Crippen LogP contribution in [0.25, 0.3) is 0 Å². The summed E-state index contributed by atoms with van der Waals surface area (Å²) in [6, 6.07) is 1.84. The van der Waals surface area contributed by atoms with Crippen LogP contribution in [0, 0.1) is 0 Å². The zero-order valence-corrected chi connectivity index (χ0v) is 15.3. The van der Waals surface area contributed by atoms with Crippen LogP contribution in [0.4, 0.5) is 5.95 Å². The summed E-state index contributed by atoms with van der Waals surface area (Å²) in [6.45, 7) is 9.49. The molecule has 140 valence electrons. The van der Waals surface area contributed by atoms with Crippen LogP contribution in [-0.2, 0) is 13.1 Å². The number of piperazine rings is 2. The van der Waals surface area contributed by atoms with Crippen LogP contribution in [-0.4, -0.2) is 94.2 Å². The highest BCUT2D eigenvalue weighted by Gasteiger charge is 2.21. The third-order valence-corrected chi connectivity index (χ3v) is 5.04. The lowest BCUT2D eigenvalue weighted by Gasteiger charge is -2.33. The third kappa shape index (κ3) is 4.35. The van der Waals surface area contributed by atoms with Crippen LogP contribution in [0.5, 0.6) is 0 Å². The number of nitrogens with zero attached hydrogens (tertiary/aromatic N) is 8. The molecule has 0 N–H and O–H groups in total. The largest absolute Gasteiger partial charge is 0.338 e. The average Bonchev–Trinajstić information content (AvgIpc) is 3.12. The van der Waals surface area contributed by atoms with Crippen LogP contribution < -0.4 is 4.90 Å². The topological polar surface area (TPSA) is 77.7 Å². The van der Waals surface area contributed by atoms with E-state index in [1.54, 1.807) is 12.4 Å². The van der Waals surface area contributed by atoms with E-state index in [1.807, 2.05) is 6.07 Å². The Kier molecular flexibility index (Phi) is 5.37. The van der Waals surface area contributed by atoms with Gasteiger partial charge >= 0.3 is 0 Å². The molecule has 0 spiro atoms. The molecule has 9 nitrogen and oxygen atoms in total. The van der Waals surface area contributed by atoms with Crippen molar-refractivity contribution in [3.63, 3.8) is 0 Å². The van der Waals surface area contributed by atoms with Gasteiger partial charge in [0.2, 0.25) is 11.8 Å². The highest BCUT2D eigenvalue weighted by molar-refractivity contribution is 5.29. The van der Waals surface area contributed by atoms with Crippen molar-refractivity contribution in [2.24, 2.45) is 0 Å². The lowest BCUT2D eigenvalue weighted by atomic mass is 10.3. The van der Waals surface area contributed by atoms with E-state index in [-0.39, 0.29) is 0 Å². The van der Waals surface area contributed by atoms with Crippen LogP contribution in [0.15, 0.2) is 23.0 Å². The van der Waals surface area contributed by atoms with Crippen molar-refractivity contribution in [1.29, 1.82) is 0 Å². The van der Waals surface area contributed by atoms with Crippen LogP contribution >= 0.6 is 0 Å². The van der Waals surface area contributed by atoms with Gasteiger partial charge in [-0.1, -0.05) is 5.16 Å². The van der Waals surface area contributed by atoms with Gasteiger partial charge in [-0.25, -0.2) is 9.97 Å². The van der Waals surface area contributed by atoms with Gasteiger partial charge in [-0.2, -0.15) is 4.98 Å². The molecular formula is C17H26N8O. The highest BCUT2D eigenvalue weighted by atomic mass is 16.5. The third-order valence-electron chi connectivity index (χ3n) is 5.04. The molecule has 0 atom stereocenters. The van der Waals surface area contributed by atoms with E-state index in [1.165, 1.54) is 0 Å². The van der Waals surface area contributed by atoms with Gasteiger partial charge in [-0.15, -0.1) is 0 Å². The Labute approximate surface area is 153 Å². The fraction of sp³-hybridized carbons (Fsp3) is 0.647. The minimum atomic E-state index is 0.707. The summed E-state index contributed by atoms with van der Waals surface area (Å²) in [4.78, 5) is 22.5. The lowest BCUT2D eigenvalue weighted by Crippen LogP contribution is -2.46. The van der Waals surface area contributed by atoms with Crippen LogP contribution in [0.3, 0.4) is 0 Å². The molecule has 0 radical (unpaired) electrons. The summed E-state index contributed by atoms with van der Waals surface area (Å²) >= 11 is 0. The summed E-state index contributed by atoms with van der Waals surface area (Å²) < 4.78 is 5.46. The van der Waals surface area contributed by atoms with E-state index in [2.05, 4.69) is 46.8 Å². The van der Waals surface area contributed by atoms with Crippen molar-refractivity contribution in [1.82, 2.24) is 34.8 Å². The summed E-state index contributed by atoms with van der Waals surface area (Å²) in [5.41, 5.74) is 0. The van der Waals surface area contributed by atoms with Gasteiger partial charge in [0.1, 0.15) is 0 Å². The van der Waals surface area contributed by atoms with E-state index in [9.17, 15) is 0 Å². The van der Waals surface area contributed by atoms with Crippen molar-refractivity contribution < 1.29 is 4.52 Å². The maximum atomic E-state index is 5.46. The zero-order chi connectivity index (χ0) is 17.8. The predicted molar refractivity (Wildman–Crippen MR) is 96.6 cm³/mol. The Bertz CT molecular complexity index is 677. The number of likely N-dealkylation sites (N-methyl/N-ethyl adjacent to an activating group) is 1. The second-order valence-electron chi connectivity index (χ2n) is 7.00. The molecular weight excluding hydrogens is 332 g/mol. The van der Waals surface area contributed by atoms with Gasteiger partial charge in [0, 0.05) is 64.8 Å². The van der Waals surface area contributed by atoms with Crippen molar-refractivity contribution in [2.75, 3.05) is 64.3 Å². The first-order valence-corrected chi connectivity index (χ1v) is 9.23. The molecule has 0 amide bonds. The van der Waals surface area contributed by atoms with Gasteiger partial charge < -0.3 is 14.3 Å². The summed E-state index contributed by atoms with van der Waals surface area (Å²) in [5.74, 6) is 2.30. The molecule has 0 saturated carbocycles. The van der Waals surface area contributed by atoms with E-state index in [0.717, 1.165) is 70.7 Å². The van der Waals surface area contributed by atoms with E-state index >= 15 is 0 Å². The summed E-state index contributed by atoms with van der Waals surface area (Å²) in [5, 5.41) is 4.16. The molecule has 0 unspecified atom stereocenters. The molecule has 9 heteroatoms. The first-order chi connectivity index (χ1) is 12.8. The predicted octanol–water partition coefficient (Wildman–Crippen LogP) is -0.0708.